The molecule has 3 aliphatic rings. The number of urea groups is 1. The van der Waals surface area contributed by atoms with Crippen LogP contribution in [0.3, 0.4) is 0 Å². The van der Waals surface area contributed by atoms with E-state index in [0.29, 0.717) is 32.2 Å². The lowest BCUT2D eigenvalue weighted by atomic mass is 9.80. The lowest BCUT2D eigenvalue weighted by Crippen LogP contribution is -2.58. The van der Waals surface area contributed by atoms with Crippen molar-refractivity contribution in [3.63, 3.8) is 0 Å². The van der Waals surface area contributed by atoms with Crippen LogP contribution in [0.15, 0.2) is 41.3 Å². The Bertz CT molecular complexity index is 1270. The SMILES string of the molecule is CC(Cc1ccc(-n2ccc(NC(=O)N3CCN(C(=O)C(C)(C)N)CC3)nc2=O)cc1)N1CCC(C2CNC2)CC1.Cl. The summed E-state index contributed by atoms with van der Waals surface area (Å²) in [4.78, 5) is 47.9. The van der Waals surface area contributed by atoms with Crippen molar-refractivity contribution in [1.82, 2.24) is 29.6 Å². The van der Waals surface area contributed by atoms with Gasteiger partial charge in [0.25, 0.3) is 0 Å². The lowest BCUT2D eigenvalue weighted by Gasteiger charge is -2.42. The zero-order chi connectivity index (χ0) is 29.1. The molecule has 1 unspecified atom stereocenters. The van der Waals surface area contributed by atoms with Crippen molar-refractivity contribution in [3.05, 3.63) is 52.6 Å². The molecule has 230 valence electrons. The van der Waals surface area contributed by atoms with Gasteiger partial charge >= 0.3 is 11.7 Å². The smallest absolute Gasteiger partial charge is 0.338 e. The fourth-order valence-corrected chi connectivity index (χ4v) is 6.12. The molecule has 1 atom stereocenters. The quantitative estimate of drug-likeness (QED) is 0.443. The summed E-state index contributed by atoms with van der Waals surface area (Å²) < 4.78 is 1.47. The minimum absolute atomic E-state index is 0. The molecule has 5 rings (SSSR count). The fraction of sp³-hybridized carbons (Fsp3) is 0.600. The van der Waals surface area contributed by atoms with Gasteiger partial charge in [-0.25, -0.2) is 9.59 Å². The zero-order valence-corrected chi connectivity index (χ0v) is 25.7. The maximum atomic E-state index is 12.8. The molecule has 0 saturated carbocycles. The lowest BCUT2D eigenvalue weighted by molar-refractivity contribution is -0.137. The summed E-state index contributed by atoms with van der Waals surface area (Å²) in [5.41, 5.74) is 6.49. The minimum Gasteiger partial charge on any atom is -0.338 e. The molecule has 4 N–H and O–H groups in total. The number of nitrogens with one attached hydrogen (secondary N) is 2. The van der Waals surface area contributed by atoms with Crippen LogP contribution in [0.2, 0.25) is 0 Å². The molecule has 1 aromatic carbocycles. The summed E-state index contributed by atoms with van der Waals surface area (Å²) in [7, 11) is 0. The van der Waals surface area contributed by atoms with Gasteiger partial charge < -0.3 is 25.8 Å². The van der Waals surface area contributed by atoms with Crippen LogP contribution in [0.25, 0.3) is 5.69 Å². The number of aromatic nitrogens is 2. The van der Waals surface area contributed by atoms with E-state index in [1.807, 2.05) is 12.1 Å². The van der Waals surface area contributed by atoms with Crippen LogP contribution >= 0.6 is 12.4 Å². The van der Waals surface area contributed by atoms with E-state index >= 15 is 0 Å². The van der Waals surface area contributed by atoms with Crippen LogP contribution in [0.1, 0.15) is 39.2 Å². The molecule has 3 amide bonds. The summed E-state index contributed by atoms with van der Waals surface area (Å²) in [5, 5.41) is 6.11. The number of rotatable bonds is 7. The van der Waals surface area contributed by atoms with Gasteiger partial charge in [-0.2, -0.15) is 4.98 Å². The van der Waals surface area contributed by atoms with E-state index in [9.17, 15) is 14.4 Å². The monoisotopic (exact) mass is 600 g/mol. The minimum atomic E-state index is -0.943. The molecule has 0 aliphatic carbocycles. The first kappa shape index (κ1) is 31.9. The Balaban J connectivity index is 0.00000405. The number of nitrogens with zero attached hydrogens (tertiary/aromatic N) is 5. The highest BCUT2D eigenvalue weighted by atomic mass is 35.5. The number of hydrogen-bond donors (Lipinski definition) is 3. The molecule has 4 heterocycles. The van der Waals surface area contributed by atoms with Crippen molar-refractivity contribution >= 4 is 30.2 Å². The molecule has 0 spiro atoms. The van der Waals surface area contributed by atoms with Crippen LogP contribution in [0.5, 0.6) is 0 Å². The van der Waals surface area contributed by atoms with Crippen molar-refractivity contribution in [1.29, 1.82) is 0 Å². The Morgan fingerprint density at radius 3 is 2.17 bits per heavy atom. The van der Waals surface area contributed by atoms with E-state index in [1.165, 1.54) is 49.2 Å². The molecule has 11 nitrogen and oxygen atoms in total. The number of likely N-dealkylation sites (tertiary alicyclic amines) is 1. The second-order valence-electron chi connectivity index (χ2n) is 12.4. The van der Waals surface area contributed by atoms with Crippen LogP contribution < -0.4 is 22.1 Å². The van der Waals surface area contributed by atoms with Gasteiger partial charge in [-0.05, 0) is 102 Å². The number of benzene rings is 1. The number of anilines is 1. The van der Waals surface area contributed by atoms with E-state index in [2.05, 4.69) is 39.6 Å². The second-order valence-corrected chi connectivity index (χ2v) is 12.4. The molecule has 1 aromatic heterocycles. The summed E-state index contributed by atoms with van der Waals surface area (Å²) in [6.07, 6.45) is 5.20. The summed E-state index contributed by atoms with van der Waals surface area (Å²) in [5.74, 6) is 1.82. The summed E-state index contributed by atoms with van der Waals surface area (Å²) in [6, 6.07) is 9.80. The van der Waals surface area contributed by atoms with Crippen LogP contribution in [-0.4, -0.2) is 100 Å². The Morgan fingerprint density at radius 1 is 1.00 bits per heavy atom. The molecule has 42 heavy (non-hydrogen) atoms. The average Bonchev–Trinajstić information content (AvgIpc) is 2.92. The molecule has 3 fully saturated rings. The number of piperidine rings is 1. The van der Waals surface area contributed by atoms with Crippen molar-refractivity contribution in [2.24, 2.45) is 17.6 Å². The van der Waals surface area contributed by atoms with Gasteiger partial charge in [-0.3, -0.25) is 14.7 Å². The van der Waals surface area contributed by atoms with Gasteiger partial charge in [-0.1, -0.05) is 12.1 Å². The molecule has 0 bridgehead atoms. The van der Waals surface area contributed by atoms with Crippen molar-refractivity contribution in [3.8, 4) is 5.69 Å². The normalized spacial score (nSPS) is 19.5. The van der Waals surface area contributed by atoms with Crippen molar-refractivity contribution in [2.75, 3.05) is 57.7 Å². The predicted molar refractivity (Wildman–Crippen MR) is 166 cm³/mol. The number of halogens is 1. The third kappa shape index (κ3) is 7.50. The predicted octanol–water partition coefficient (Wildman–Crippen LogP) is 1.93. The molecule has 3 aliphatic heterocycles. The van der Waals surface area contributed by atoms with Crippen molar-refractivity contribution < 1.29 is 9.59 Å². The van der Waals surface area contributed by atoms with Crippen molar-refractivity contribution in [2.45, 2.75) is 51.6 Å². The van der Waals surface area contributed by atoms with E-state index in [4.69, 9.17) is 5.73 Å². The maximum Gasteiger partial charge on any atom is 0.354 e. The van der Waals surface area contributed by atoms with E-state index < -0.39 is 11.2 Å². The average molecular weight is 601 g/mol. The number of piperazine rings is 1. The highest BCUT2D eigenvalue weighted by molar-refractivity contribution is 5.89. The number of amides is 3. The number of carbonyl (C=O) groups is 2. The van der Waals surface area contributed by atoms with Gasteiger partial charge in [0.2, 0.25) is 5.91 Å². The Morgan fingerprint density at radius 2 is 1.62 bits per heavy atom. The fourth-order valence-electron chi connectivity index (χ4n) is 6.12. The van der Waals surface area contributed by atoms with Gasteiger partial charge in [-0.15, -0.1) is 12.4 Å². The number of carbonyl (C=O) groups excluding carboxylic acids is 2. The molecule has 2 aromatic rings. The van der Waals surface area contributed by atoms with E-state index in [0.717, 1.165) is 23.9 Å². The zero-order valence-electron chi connectivity index (χ0n) is 24.9. The van der Waals surface area contributed by atoms with E-state index in [-0.39, 0.29) is 30.2 Å². The van der Waals surface area contributed by atoms with E-state index in [1.54, 1.807) is 35.9 Å². The first-order chi connectivity index (χ1) is 19.6. The highest BCUT2D eigenvalue weighted by Crippen LogP contribution is 2.28. The molecular weight excluding hydrogens is 556 g/mol. The Hall–Kier alpha value is -2.99. The Labute approximate surface area is 254 Å². The summed E-state index contributed by atoms with van der Waals surface area (Å²) in [6.45, 7) is 12.0. The van der Waals surface area contributed by atoms with Gasteiger partial charge in [0.15, 0.2) is 0 Å². The first-order valence-electron chi connectivity index (χ1n) is 14.9. The third-order valence-corrected chi connectivity index (χ3v) is 8.87. The standard InChI is InChI=1S/C30H44N8O3.ClH/c1-21(35-11-8-23(9-12-35)24-19-32-20-24)18-22-4-6-25(7-5-22)38-13-10-26(34-29(38)41)33-28(40)37-16-14-36(15-17-37)27(39)30(2,3)31;/h4-7,10,13,21,23-24,32H,8-9,11-12,14-20,31H2,1-3H3,(H,33,34,40,41);1H. The Kier molecular flexibility index (Phi) is 10.3. The van der Waals surface area contributed by atoms with Crippen LogP contribution in [0.4, 0.5) is 10.6 Å². The van der Waals surface area contributed by atoms with Gasteiger partial charge in [0.1, 0.15) is 5.82 Å². The van der Waals surface area contributed by atoms with Gasteiger partial charge in [0, 0.05) is 38.4 Å². The number of nitrogens with two attached hydrogens (primary N) is 1. The first-order valence-corrected chi connectivity index (χ1v) is 14.9. The summed E-state index contributed by atoms with van der Waals surface area (Å²) >= 11 is 0. The largest absolute Gasteiger partial charge is 0.354 e. The third-order valence-electron chi connectivity index (χ3n) is 8.87. The second kappa shape index (κ2) is 13.5. The molecule has 0 radical (unpaired) electrons. The van der Waals surface area contributed by atoms with Crippen LogP contribution in [0, 0.1) is 11.8 Å². The highest BCUT2D eigenvalue weighted by Gasteiger charge is 2.32. The molecule has 3 saturated heterocycles. The maximum absolute atomic E-state index is 12.8. The number of hydrogen-bond acceptors (Lipinski definition) is 7. The molecular formula is C30H45ClN8O3. The molecule has 12 heteroatoms. The van der Waals surface area contributed by atoms with Gasteiger partial charge in [0.05, 0.1) is 11.2 Å². The topological polar surface area (TPSA) is 129 Å². The van der Waals surface area contributed by atoms with Crippen LogP contribution in [-0.2, 0) is 11.2 Å².